The van der Waals surface area contributed by atoms with E-state index in [0.29, 0.717) is 26.5 Å². The summed E-state index contributed by atoms with van der Waals surface area (Å²) in [6, 6.07) is 16.1. The predicted molar refractivity (Wildman–Crippen MR) is 119 cm³/mol. The second kappa shape index (κ2) is 7.28. The molecule has 0 aliphatic heterocycles. The average molecular weight is 434 g/mol. The number of nitriles is 1. The van der Waals surface area contributed by atoms with Crippen LogP contribution in [0, 0.1) is 11.3 Å². The lowest BCUT2D eigenvalue weighted by molar-refractivity contribution is 0.717. The van der Waals surface area contributed by atoms with E-state index in [-0.39, 0.29) is 12.1 Å². The molecule has 1 aliphatic carbocycles. The number of aromatic nitrogens is 2. The van der Waals surface area contributed by atoms with Gasteiger partial charge in [-0.05, 0) is 60.7 Å². The third-order valence-electron chi connectivity index (χ3n) is 5.54. The van der Waals surface area contributed by atoms with Gasteiger partial charge in [0.2, 0.25) is 0 Å². The molecule has 4 aromatic rings. The maximum atomic E-state index is 13.5. The molecule has 0 unspecified atom stereocenters. The highest BCUT2D eigenvalue weighted by Crippen LogP contribution is 2.35. The number of aryl methyl sites for hydroxylation is 2. The van der Waals surface area contributed by atoms with Gasteiger partial charge in [0, 0.05) is 9.90 Å². The standard InChI is InChI=1S/C23H16ClN3O2S/c24-16-8-10-17(11-9-16)27-21(28)20-18-6-3-7-19(18)30-22(20)26(23(27)29)13-15-5-2-1-4-14(15)12-25/h1-2,4-5,8-11H,3,6-7,13H2. The van der Waals surface area contributed by atoms with Crippen molar-refractivity contribution in [3.05, 3.63) is 96.0 Å². The number of thiophene rings is 1. The van der Waals surface area contributed by atoms with Crippen molar-refractivity contribution in [1.29, 1.82) is 5.26 Å². The maximum absolute atomic E-state index is 13.5. The van der Waals surface area contributed by atoms with Crippen molar-refractivity contribution >= 4 is 33.2 Å². The first kappa shape index (κ1) is 18.9. The zero-order valence-corrected chi connectivity index (χ0v) is 17.5. The van der Waals surface area contributed by atoms with E-state index in [1.165, 1.54) is 20.8 Å². The SMILES string of the molecule is N#Cc1ccccc1Cn1c(=O)n(-c2ccc(Cl)cc2)c(=O)c2c3c(sc21)CCC3. The van der Waals surface area contributed by atoms with Gasteiger partial charge in [0.1, 0.15) is 4.83 Å². The van der Waals surface area contributed by atoms with Crippen molar-refractivity contribution in [2.75, 3.05) is 0 Å². The molecule has 0 saturated carbocycles. The number of halogens is 1. The Morgan fingerprint density at radius 1 is 1.07 bits per heavy atom. The van der Waals surface area contributed by atoms with E-state index in [1.54, 1.807) is 41.0 Å². The fourth-order valence-electron chi connectivity index (χ4n) is 4.10. The van der Waals surface area contributed by atoms with Crippen LogP contribution >= 0.6 is 22.9 Å². The molecule has 0 bridgehead atoms. The first-order valence-electron chi connectivity index (χ1n) is 9.62. The summed E-state index contributed by atoms with van der Waals surface area (Å²) in [5.74, 6) is 0. The smallest absolute Gasteiger partial charge is 0.279 e. The van der Waals surface area contributed by atoms with Crippen LogP contribution in [0.1, 0.15) is 28.0 Å². The highest BCUT2D eigenvalue weighted by molar-refractivity contribution is 7.18. The minimum atomic E-state index is -0.414. The van der Waals surface area contributed by atoms with Gasteiger partial charge in [-0.25, -0.2) is 9.36 Å². The second-order valence-electron chi connectivity index (χ2n) is 7.29. The van der Waals surface area contributed by atoms with Gasteiger partial charge < -0.3 is 0 Å². The molecular weight excluding hydrogens is 418 g/mol. The van der Waals surface area contributed by atoms with Gasteiger partial charge in [0.05, 0.1) is 29.3 Å². The summed E-state index contributed by atoms with van der Waals surface area (Å²) >= 11 is 7.53. The van der Waals surface area contributed by atoms with Gasteiger partial charge in [0.25, 0.3) is 5.56 Å². The molecule has 0 amide bonds. The summed E-state index contributed by atoms with van der Waals surface area (Å²) < 4.78 is 2.85. The number of fused-ring (bicyclic) bond motifs is 3. The molecule has 1 aliphatic rings. The Morgan fingerprint density at radius 3 is 2.60 bits per heavy atom. The molecule has 148 valence electrons. The van der Waals surface area contributed by atoms with Crippen molar-refractivity contribution in [3.63, 3.8) is 0 Å². The Morgan fingerprint density at radius 2 is 1.83 bits per heavy atom. The van der Waals surface area contributed by atoms with Gasteiger partial charge in [-0.2, -0.15) is 5.26 Å². The minimum Gasteiger partial charge on any atom is -0.279 e. The van der Waals surface area contributed by atoms with E-state index < -0.39 is 5.69 Å². The van der Waals surface area contributed by atoms with Crippen molar-refractivity contribution in [1.82, 2.24) is 9.13 Å². The largest absolute Gasteiger partial charge is 0.337 e. The molecule has 0 atom stereocenters. The number of hydrogen-bond donors (Lipinski definition) is 0. The van der Waals surface area contributed by atoms with Gasteiger partial charge in [0.15, 0.2) is 0 Å². The van der Waals surface area contributed by atoms with Crippen LogP contribution in [0.3, 0.4) is 0 Å². The zero-order valence-electron chi connectivity index (χ0n) is 15.9. The zero-order chi connectivity index (χ0) is 20.8. The van der Waals surface area contributed by atoms with Crippen LogP contribution in [-0.4, -0.2) is 9.13 Å². The molecule has 2 aromatic heterocycles. The lowest BCUT2D eigenvalue weighted by Gasteiger charge is -2.13. The monoisotopic (exact) mass is 433 g/mol. The first-order chi connectivity index (χ1) is 14.6. The Hall–Kier alpha value is -3.14. The molecule has 30 heavy (non-hydrogen) atoms. The Labute approximate surface area is 181 Å². The Kier molecular flexibility index (Phi) is 4.58. The van der Waals surface area contributed by atoms with Crippen LogP contribution in [0.25, 0.3) is 15.9 Å². The molecule has 0 spiro atoms. The summed E-state index contributed by atoms with van der Waals surface area (Å²) in [4.78, 5) is 28.9. The van der Waals surface area contributed by atoms with Crippen LogP contribution in [0.2, 0.25) is 5.02 Å². The van der Waals surface area contributed by atoms with Crippen molar-refractivity contribution in [2.24, 2.45) is 0 Å². The van der Waals surface area contributed by atoms with E-state index >= 15 is 0 Å². The second-order valence-corrected chi connectivity index (χ2v) is 8.81. The molecule has 5 rings (SSSR count). The fourth-order valence-corrected chi connectivity index (χ4v) is 5.60. The van der Waals surface area contributed by atoms with Gasteiger partial charge in [-0.3, -0.25) is 9.36 Å². The highest BCUT2D eigenvalue weighted by atomic mass is 35.5. The first-order valence-corrected chi connectivity index (χ1v) is 10.8. The summed E-state index contributed by atoms with van der Waals surface area (Å²) in [6.45, 7) is 0.229. The Balaban J connectivity index is 1.84. The third-order valence-corrected chi connectivity index (χ3v) is 7.10. The van der Waals surface area contributed by atoms with Crippen LogP contribution in [0.15, 0.2) is 58.1 Å². The summed E-state index contributed by atoms with van der Waals surface area (Å²) in [6.07, 6.45) is 2.80. The van der Waals surface area contributed by atoms with E-state index in [4.69, 9.17) is 11.6 Å². The van der Waals surface area contributed by atoms with Gasteiger partial charge in [-0.15, -0.1) is 11.3 Å². The average Bonchev–Trinajstić information content (AvgIpc) is 3.34. The highest BCUT2D eigenvalue weighted by Gasteiger charge is 2.25. The van der Waals surface area contributed by atoms with Crippen LogP contribution in [0.4, 0.5) is 0 Å². The third kappa shape index (κ3) is 2.90. The number of nitrogens with zero attached hydrogens (tertiary/aromatic N) is 3. The molecule has 2 heterocycles. The van der Waals surface area contributed by atoms with Crippen LogP contribution in [-0.2, 0) is 19.4 Å². The topological polar surface area (TPSA) is 67.8 Å². The molecule has 0 radical (unpaired) electrons. The van der Waals surface area contributed by atoms with Crippen molar-refractivity contribution < 1.29 is 0 Å². The summed E-state index contributed by atoms with van der Waals surface area (Å²) in [5.41, 5.74) is 2.11. The maximum Gasteiger partial charge on any atom is 0.337 e. The molecular formula is C23H16ClN3O2S. The number of rotatable bonds is 3. The lowest BCUT2D eigenvalue weighted by atomic mass is 10.1. The van der Waals surface area contributed by atoms with Gasteiger partial charge >= 0.3 is 5.69 Å². The van der Waals surface area contributed by atoms with E-state index in [1.807, 2.05) is 12.1 Å². The lowest BCUT2D eigenvalue weighted by Crippen LogP contribution is -2.39. The number of benzene rings is 2. The molecule has 5 nitrogen and oxygen atoms in total. The summed E-state index contributed by atoms with van der Waals surface area (Å²) in [7, 11) is 0. The molecule has 0 N–H and O–H groups in total. The molecule has 0 saturated heterocycles. The quantitative estimate of drug-likeness (QED) is 0.484. The van der Waals surface area contributed by atoms with E-state index in [2.05, 4.69) is 6.07 Å². The number of hydrogen-bond acceptors (Lipinski definition) is 4. The van der Waals surface area contributed by atoms with Crippen LogP contribution < -0.4 is 11.2 Å². The minimum absolute atomic E-state index is 0.229. The normalized spacial score (nSPS) is 12.8. The molecule has 0 fully saturated rings. The molecule has 2 aromatic carbocycles. The summed E-state index contributed by atoms with van der Waals surface area (Å²) in [5, 5.41) is 10.6. The van der Waals surface area contributed by atoms with Crippen LogP contribution in [0.5, 0.6) is 0 Å². The van der Waals surface area contributed by atoms with Gasteiger partial charge in [-0.1, -0.05) is 29.8 Å². The van der Waals surface area contributed by atoms with Crippen molar-refractivity contribution in [2.45, 2.75) is 25.8 Å². The fraction of sp³-hybridized carbons (Fsp3) is 0.174. The Bertz CT molecular complexity index is 1460. The van der Waals surface area contributed by atoms with Crippen molar-refractivity contribution in [3.8, 4) is 11.8 Å². The van der Waals surface area contributed by atoms with E-state index in [0.717, 1.165) is 30.4 Å². The molecule has 7 heteroatoms. The predicted octanol–water partition coefficient (Wildman–Crippen LogP) is 4.28. The van der Waals surface area contributed by atoms with E-state index in [9.17, 15) is 14.9 Å².